The molecule has 0 atom stereocenters. The van der Waals surface area contributed by atoms with E-state index in [4.69, 9.17) is 18.0 Å². The standard InChI is InChI=1S/C12H16BrN3OS/c1-15(2)10(17)7-16(3)9-6-4-5-8(13)11(9)12(14)18/h4-6H,7H2,1-3H3,(H2,14,18). The lowest BCUT2D eigenvalue weighted by atomic mass is 10.1. The minimum Gasteiger partial charge on any atom is -0.389 e. The van der Waals surface area contributed by atoms with Gasteiger partial charge in [-0.15, -0.1) is 0 Å². The van der Waals surface area contributed by atoms with Crippen molar-refractivity contribution >= 4 is 44.7 Å². The predicted octanol–water partition coefficient (Wildman–Crippen LogP) is 1.61. The van der Waals surface area contributed by atoms with Gasteiger partial charge in [-0.1, -0.05) is 18.3 Å². The summed E-state index contributed by atoms with van der Waals surface area (Å²) in [6, 6.07) is 5.65. The Bertz CT molecular complexity index is 476. The van der Waals surface area contributed by atoms with E-state index in [9.17, 15) is 4.79 Å². The maximum Gasteiger partial charge on any atom is 0.241 e. The molecule has 2 N–H and O–H groups in total. The fourth-order valence-corrected chi connectivity index (χ4v) is 2.42. The summed E-state index contributed by atoms with van der Waals surface area (Å²) < 4.78 is 0.830. The van der Waals surface area contributed by atoms with Gasteiger partial charge in [-0.3, -0.25) is 4.79 Å². The minimum absolute atomic E-state index is 0.0198. The summed E-state index contributed by atoms with van der Waals surface area (Å²) in [5.41, 5.74) is 7.31. The first kappa shape index (κ1) is 14.9. The average Bonchev–Trinajstić information content (AvgIpc) is 2.27. The Morgan fingerprint density at radius 1 is 1.39 bits per heavy atom. The number of carbonyl (C=O) groups excluding carboxylic acids is 1. The van der Waals surface area contributed by atoms with E-state index < -0.39 is 0 Å². The topological polar surface area (TPSA) is 49.6 Å². The maximum absolute atomic E-state index is 11.7. The normalized spacial score (nSPS) is 10.0. The Kier molecular flexibility index (Phi) is 5.10. The van der Waals surface area contributed by atoms with E-state index in [2.05, 4.69) is 15.9 Å². The quantitative estimate of drug-likeness (QED) is 0.852. The van der Waals surface area contributed by atoms with Crippen LogP contribution in [0.3, 0.4) is 0 Å². The third kappa shape index (κ3) is 3.43. The van der Waals surface area contributed by atoms with E-state index in [0.717, 1.165) is 15.7 Å². The predicted molar refractivity (Wildman–Crippen MR) is 82.0 cm³/mol. The SMILES string of the molecule is CN(C)C(=O)CN(C)c1cccc(Br)c1C(N)=S. The number of amides is 1. The van der Waals surface area contributed by atoms with E-state index in [1.54, 1.807) is 19.0 Å². The van der Waals surface area contributed by atoms with Crippen LogP contribution < -0.4 is 10.6 Å². The molecule has 0 aliphatic heterocycles. The number of hydrogen-bond acceptors (Lipinski definition) is 3. The smallest absolute Gasteiger partial charge is 0.241 e. The number of rotatable bonds is 4. The van der Waals surface area contributed by atoms with Crippen LogP contribution in [0.4, 0.5) is 5.69 Å². The molecule has 0 unspecified atom stereocenters. The van der Waals surface area contributed by atoms with Crippen LogP contribution in [0.15, 0.2) is 22.7 Å². The number of thiocarbonyl (C=S) groups is 1. The van der Waals surface area contributed by atoms with Crippen molar-refractivity contribution in [2.75, 3.05) is 32.6 Å². The first-order chi connectivity index (χ1) is 8.34. The monoisotopic (exact) mass is 329 g/mol. The third-order valence-corrected chi connectivity index (χ3v) is 3.39. The molecule has 0 aliphatic carbocycles. The number of hydrogen-bond donors (Lipinski definition) is 1. The van der Waals surface area contributed by atoms with Crippen LogP contribution in [-0.2, 0) is 4.79 Å². The molecule has 0 bridgehead atoms. The molecule has 6 heteroatoms. The molecule has 0 radical (unpaired) electrons. The van der Waals surface area contributed by atoms with Gasteiger partial charge in [-0.25, -0.2) is 0 Å². The molecule has 0 saturated carbocycles. The second kappa shape index (κ2) is 6.15. The number of nitrogens with zero attached hydrogens (tertiary/aromatic N) is 2. The van der Waals surface area contributed by atoms with E-state index in [1.807, 2.05) is 30.1 Å². The van der Waals surface area contributed by atoms with Gasteiger partial charge in [0.25, 0.3) is 0 Å². The Balaban J connectivity index is 3.06. The van der Waals surface area contributed by atoms with Gasteiger partial charge >= 0.3 is 0 Å². The molecule has 4 nitrogen and oxygen atoms in total. The molecule has 1 amide bonds. The van der Waals surface area contributed by atoms with Crippen molar-refractivity contribution in [2.24, 2.45) is 5.73 Å². The highest BCUT2D eigenvalue weighted by atomic mass is 79.9. The van der Waals surface area contributed by atoms with Crippen molar-refractivity contribution in [3.05, 3.63) is 28.2 Å². The number of anilines is 1. The molecular formula is C12H16BrN3OS. The van der Waals surface area contributed by atoms with Gasteiger partial charge in [-0.05, 0) is 28.1 Å². The van der Waals surface area contributed by atoms with E-state index >= 15 is 0 Å². The lowest BCUT2D eigenvalue weighted by Gasteiger charge is -2.23. The highest BCUT2D eigenvalue weighted by Gasteiger charge is 2.15. The second-order valence-electron chi connectivity index (χ2n) is 4.14. The lowest BCUT2D eigenvalue weighted by Crippen LogP contribution is -2.35. The van der Waals surface area contributed by atoms with Crippen molar-refractivity contribution in [1.29, 1.82) is 0 Å². The summed E-state index contributed by atoms with van der Waals surface area (Å²) in [4.78, 5) is 15.4. The maximum atomic E-state index is 11.7. The molecule has 0 spiro atoms. The Morgan fingerprint density at radius 3 is 2.50 bits per heavy atom. The summed E-state index contributed by atoms with van der Waals surface area (Å²) >= 11 is 8.47. The molecule has 0 saturated heterocycles. The summed E-state index contributed by atoms with van der Waals surface area (Å²) in [7, 11) is 5.29. The summed E-state index contributed by atoms with van der Waals surface area (Å²) in [5.74, 6) is 0.0198. The zero-order chi connectivity index (χ0) is 13.9. The first-order valence-corrected chi connectivity index (χ1v) is 6.54. The number of benzene rings is 1. The summed E-state index contributed by atoms with van der Waals surface area (Å²) in [6.07, 6.45) is 0. The molecule has 98 valence electrons. The zero-order valence-electron chi connectivity index (χ0n) is 10.6. The molecule has 1 aromatic rings. The summed E-state index contributed by atoms with van der Waals surface area (Å²) in [5, 5.41) is 0. The van der Waals surface area contributed by atoms with Crippen LogP contribution in [0.5, 0.6) is 0 Å². The third-order valence-electron chi connectivity index (χ3n) is 2.52. The Morgan fingerprint density at radius 2 is 2.00 bits per heavy atom. The van der Waals surface area contributed by atoms with Gasteiger partial charge in [0.2, 0.25) is 5.91 Å². The van der Waals surface area contributed by atoms with Crippen LogP contribution >= 0.6 is 28.1 Å². The van der Waals surface area contributed by atoms with Crippen LogP contribution in [0.25, 0.3) is 0 Å². The highest BCUT2D eigenvalue weighted by Crippen LogP contribution is 2.27. The second-order valence-corrected chi connectivity index (χ2v) is 5.44. The van der Waals surface area contributed by atoms with Crippen LogP contribution in [0.1, 0.15) is 5.56 Å². The molecule has 1 rings (SSSR count). The number of likely N-dealkylation sites (N-methyl/N-ethyl adjacent to an activating group) is 2. The van der Waals surface area contributed by atoms with E-state index in [1.165, 1.54) is 0 Å². The minimum atomic E-state index is 0.0198. The number of nitrogens with two attached hydrogens (primary N) is 1. The van der Waals surface area contributed by atoms with Crippen LogP contribution in [-0.4, -0.2) is 43.5 Å². The van der Waals surface area contributed by atoms with Crippen molar-refractivity contribution in [2.45, 2.75) is 0 Å². The van der Waals surface area contributed by atoms with Gasteiger partial charge in [0, 0.05) is 36.9 Å². The van der Waals surface area contributed by atoms with Gasteiger partial charge in [0.05, 0.1) is 6.54 Å². The Hall–Kier alpha value is -1.14. The van der Waals surface area contributed by atoms with Gasteiger partial charge in [-0.2, -0.15) is 0 Å². The van der Waals surface area contributed by atoms with Crippen molar-refractivity contribution in [1.82, 2.24) is 4.90 Å². The van der Waals surface area contributed by atoms with E-state index in [0.29, 0.717) is 4.99 Å². The van der Waals surface area contributed by atoms with Gasteiger partial charge in [0.15, 0.2) is 0 Å². The van der Waals surface area contributed by atoms with Crippen molar-refractivity contribution in [3.63, 3.8) is 0 Å². The molecule has 18 heavy (non-hydrogen) atoms. The zero-order valence-corrected chi connectivity index (χ0v) is 13.0. The van der Waals surface area contributed by atoms with Crippen molar-refractivity contribution in [3.8, 4) is 0 Å². The largest absolute Gasteiger partial charge is 0.389 e. The van der Waals surface area contributed by atoms with Gasteiger partial charge < -0.3 is 15.5 Å². The van der Waals surface area contributed by atoms with Crippen molar-refractivity contribution < 1.29 is 4.79 Å². The molecule has 1 aromatic carbocycles. The molecule has 0 aromatic heterocycles. The number of halogens is 1. The fourth-order valence-electron chi connectivity index (χ4n) is 1.50. The summed E-state index contributed by atoms with van der Waals surface area (Å²) in [6.45, 7) is 0.277. The van der Waals surface area contributed by atoms with Crippen LogP contribution in [0, 0.1) is 0 Å². The fraction of sp³-hybridized carbons (Fsp3) is 0.333. The Labute approximate surface area is 121 Å². The molecule has 0 heterocycles. The molecular weight excluding hydrogens is 314 g/mol. The molecule has 0 aliphatic rings. The van der Waals surface area contributed by atoms with Crippen LogP contribution in [0.2, 0.25) is 0 Å². The highest BCUT2D eigenvalue weighted by molar-refractivity contribution is 9.10. The first-order valence-electron chi connectivity index (χ1n) is 5.34. The van der Waals surface area contributed by atoms with E-state index in [-0.39, 0.29) is 12.5 Å². The van der Waals surface area contributed by atoms with Gasteiger partial charge in [0.1, 0.15) is 4.99 Å². The average molecular weight is 330 g/mol. The lowest BCUT2D eigenvalue weighted by molar-refractivity contribution is -0.127. The number of carbonyl (C=O) groups is 1. The molecule has 0 fully saturated rings.